The molecule has 2 aromatic rings. The predicted molar refractivity (Wildman–Crippen MR) is 118 cm³/mol. The third kappa shape index (κ3) is 7.04. The first-order valence-electron chi connectivity index (χ1n) is 10.8. The average Bonchev–Trinajstić information content (AvgIpc) is 3.08. The number of esters is 1. The maximum atomic E-state index is 12.9. The number of sulfonamides is 1. The number of anilines is 1. The first-order valence-corrected chi connectivity index (χ1v) is 12.2. The standard InChI is InChI=1S/C23H25F3N2O5S/c24-23(25,26)18-8-5-7-17(13-18)14-22(30)33-16-21(29)27-19-9-6-10-20(15-19)34(31,32)28-11-3-1-2-4-12-28/h5-10,13,15H,1-4,11-12,14,16H2,(H,27,29). The number of alkyl halides is 3. The van der Waals surface area contributed by atoms with Crippen LogP contribution in [-0.2, 0) is 36.9 Å². The minimum atomic E-state index is -4.53. The van der Waals surface area contributed by atoms with E-state index in [4.69, 9.17) is 4.74 Å². The lowest BCUT2D eigenvalue weighted by Gasteiger charge is -2.20. The molecule has 184 valence electrons. The van der Waals surface area contributed by atoms with E-state index in [1.807, 2.05) is 0 Å². The van der Waals surface area contributed by atoms with Crippen molar-refractivity contribution in [3.05, 3.63) is 59.7 Å². The molecule has 0 aromatic heterocycles. The van der Waals surface area contributed by atoms with Gasteiger partial charge in [0.2, 0.25) is 10.0 Å². The number of hydrogen-bond acceptors (Lipinski definition) is 5. The number of amides is 1. The molecule has 0 saturated carbocycles. The van der Waals surface area contributed by atoms with Gasteiger partial charge in [0.25, 0.3) is 5.91 Å². The summed E-state index contributed by atoms with van der Waals surface area (Å²) >= 11 is 0. The Morgan fingerprint density at radius 3 is 2.32 bits per heavy atom. The van der Waals surface area contributed by atoms with Crippen molar-refractivity contribution in [1.29, 1.82) is 0 Å². The van der Waals surface area contributed by atoms with Gasteiger partial charge in [0, 0.05) is 18.8 Å². The van der Waals surface area contributed by atoms with Gasteiger partial charge in [-0.2, -0.15) is 17.5 Å². The summed E-state index contributed by atoms with van der Waals surface area (Å²) in [6.45, 7) is 0.225. The fourth-order valence-electron chi connectivity index (χ4n) is 3.58. The summed E-state index contributed by atoms with van der Waals surface area (Å²) in [6.07, 6.45) is -1.41. The number of rotatable bonds is 7. The molecule has 0 radical (unpaired) electrons. The van der Waals surface area contributed by atoms with Crippen LogP contribution in [0.1, 0.15) is 36.8 Å². The number of nitrogens with zero attached hydrogens (tertiary/aromatic N) is 1. The average molecular weight is 499 g/mol. The zero-order valence-electron chi connectivity index (χ0n) is 18.3. The molecular formula is C23H25F3N2O5S. The van der Waals surface area contributed by atoms with Gasteiger partial charge in [-0.3, -0.25) is 9.59 Å². The number of hydrogen-bond donors (Lipinski definition) is 1. The van der Waals surface area contributed by atoms with Crippen LogP contribution in [0.4, 0.5) is 18.9 Å². The van der Waals surface area contributed by atoms with Crippen molar-refractivity contribution < 1.29 is 35.9 Å². The van der Waals surface area contributed by atoms with Gasteiger partial charge in [0.05, 0.1) is 16.9 Å². The molecule has 1 amide bonds. The van der Waals surface area contributed by atoms with Crippen molar-refractivity contribution in [2.75, 3.05) is 25.0 Å². The molecule has 0 unspecified atom stereocenters. The minimum absolute atomic E-state index is 0.0498. The number of nitrogens with one attached hydrogen (secondary N) is 1. The normalized spacial score (nSPS) is 15.4. The van der Waals surface area contributed by atoms with Crippen LogP contribution in [-0.4, -0.2) is 44.3 Å². The largest absolute Gasteiger partial charge is 0.455 e. The number of carbonyl (C=O) groups is 2. The lowest BCUT2D eigenvalue weighted by molar-refractivity contribution is -0.146. The summed E-state index contributed by atoms with van der Waals surface area (Å²) in [4.78, 5) is 24.2. The molecule has 1 N–H and O–H groups in total. The molecule has 11 heteroatoms. The molecule has 1 saturated heterocycles. The molecule has 1 aliphatic rings. The summed E-state index contributed by atoms with van der Waals surface area (Å²) in [6, 6.07) is 10.1. The summed E-state index contributed by atoms with van der Waals surface area (Å²) in [5.74, 6) is -1.58. The van der Waals surface area contributed by atoms with E-state index in [1.165, 1.54) is 40.7 Å². The fraction of sp³-hybridized carbons (Fsp3) is 0.391. The van der Waals surface area contributed by atoms with Crippen LogP contribution in [0.3, 0.4) is 0 Å². The highest BCUT2D eigenvalue weighted by Crippen LogP contribution is 2.29. The molecule has 0 aliphatic carbocycles. The Labute approximate surface area is 196 Å². The SMILES string of the molecule is O=C(COC(=O)Cc1cccc(C(F)(F)F)c1)Nc1cccc(S(=O)(=O)N2CCCCCC2)c1. The van der Waals surface area contributed by atoms with Crippen LogP contribution in [0, 0.1) is 0 Å². The topological polar surface area (TPSA) is 92.8 Å². The molecule has 3 rings (SSSR count). The van der Waals surface area contributed by atoms with E-state index in [1.54, 1.807) is 0 Å². The lowest BCUT2D eigenvalue weighted by Crippen LogP contribution is -2.32. The van der Waals surface area contributed by atoms with E-state index >= 15 is 0 Å². The highest BCUT2D eigenvalue weighted by Gasteiger charge is 2.30. The maximum Gasteiger partial charge on any atom is 0.416 e. The van der Waals surface area contributed by atoms with Crippen molar-refractivity contribution in [2.24, 2.45) is 0 Å². The van der Waals surface area contributed by atoms with Gasteiger partial charge in [-0.25, -0.2) is 8.42 Å². The van der Waals surface area contributed by atoms with Crippen molar-refractivity contribution in [2.45, 2.75) is 43.2 Å². The zero-order valence-corrected chi connectivity index (χ0v) is 19.1. The Kier molecular flexibility index (Phi) is 8.32. The number of benzene rings is 2. The third-order valence-corrected chi connectivity index (χ3v) is 7.18. The second-order valence-corrected chi connectivity index (χ2v) is 9.87. The van der Waals surface area contributed by atoms with E-state index in [0.717, 1.165) is 37.8 Å². The van der Waals surface area contributed by atoms with E-state index in [2.05, 4.69) is 5.32 Å². The van der Waals surface area contributed by atoms with Crippen LogP contribution < -0.4 is 5.32 Å². The van der Waals surface area contributed by atoms with Crippen LogP contribution in [0.25, 0.3) is 0 Å². The summed E-state index contributed by atoms with van der Waals surface area (Å²) in [5, 5.41) is 2.47. The molecular weight excluding hydrogens is 473 g/mol. The van der Waals surface area contributed by atoms with Crippen LogP contribution in [0.5, 0.6) is 0 Å². The molecule has 1 heterocycles. The quantitative estimate of drug-likeness (QED) is 0.583. The van der Waals surface area contributed by atoms with Gasteiger partial charge >= 0.3 is 12.1 Å². The van der Waals surface area contributed by atoms with Crippen molar-refractivity contribution in [1.82, 2.24) is 4.31 Å². The zero-order chi connectivity index (χ0) is 24.8. The van der Waals surface area contributed by atoms with E-state index in [9.17, 15) is 31.2 Å². The smallest absolute Gasteiger partial charge is 0.416 e. The highest BCUT2D eigenvalue weighted by atomic mass is 32.2. The Bertz CT molecular complexity index is 1130. The van der Waals surface area contributed by atoms with E-state index in [0.29, 0.717) is 13.1 Å². The molecule has 0 atom stereocenters. The summed E-state index contributed by atoms with van der Waals surface area (Å²) < 4.78 is 70.5. The number of ether oxygens (including phenoxy) is 1. The summed E-state index contributed by atoms with van der Waals surface area (Å²) in [5.41, 5.74) is -0.563. The third-order valence-electron chi connectivity index (χ3n) is 5.29. The molecule has 0 bridgehead atoms. The summed E-state index contributed by atoms with van der Waals surface area (Å²) in [7, 11) is -3.70. The first-order chi connectivity index (χ1) is 16.1. The van der Waals surface area contributed by atoms with Crippen molar-refractivity contribution in [3.8, 4) is 0 Å². The molecule has 2 aromatic carbocycles. The van der Waals surface area contributed by atoms with Gasteiger partial charge in [-0.15, -0.1) is 0 Å². The first kappa shape index (κ1) is 25.7. The van der Waals surface area contributed by atoms with Crippen LogP contribution >= 0.6 is 0 Å². The van der Waals surface area contributed by atoms with Gasteiger partial charge in [0.1, 0.15) is 0 Å². The van der Waals surface area contributed by atoms with Crippen LogP contribution in [0.15, 0.2) is 53.4 Å². The van der Waals surface area contributed by atoms with Gasteiger partial charge in [-0.05, 0) is 42.7 Å². The Balaban J connectivity index is 1.56. The van der Waals surface area contributed by atoms with Crippen molar-refractivity contribution >= 4 is 27.6 Å². The monoisotopic (exact) mass is 498 g/mol. The molecule has 0 spiro atoms. The highest BCUT2D eigenvalue weighted by molar-refractivity contribution is 7.89. The lowest BCUT2D eigenvalue weighted by atomic mass is 10.1. The molecule has 34 heavy (non-hydrogen) atoms. The van der Waals surface area contributed by atoms with E-state index in [-0.39, 0.29) is 16.1 Å². The van der Waals surface area contributed by atoms with Gasteiger partial charge in [-0.1, -0.05) is 37.1 Å². The molecule has 1 fully saturated rings. The predicted octanol–water partition coefficient (Wildman–Crippen LogP) is 3.99. The van der Waals surface area contributed by atoms with Gasteiger partial charge in [0.15, 0.2) is 6.61 Å². The second kappa shape index (κ2) is 11.0. The van der Waals surface area contributed by atoms with Crippen LogP contribution in [0.2, 0.25) is 0 Å². The Morgan fingerprint density at radius 1 is 0.971 bits per heavy atom. The van der Waals surface area contributed by atoms with Gasteiger partial charge < -0.3 is 10.1 Å². The maximum absolute atomic E-state index is 12.9. The van der Waals surface area contributed by atoms with E-state index < -0.39 is 46.7 Å². The Hall–Kier alpha value is -2.92. The molecule has 7 nitrogen and oxygen atoms in total. The second-order valence-electron chi connectivity index (χ2n) is 7.93. The van der Waals surface area contributed by atoms with Crippen molar-refractivity contribution in [3.63, 3.8) is 0 Å². The number of halogens is 3. The number of carbonyl (C=O) groups excluding carboxylic acids is 2. The fourth-order valence-corrected chi connectivity index (χ4v) is 5.15. The minimum Gasteiger partial charge on any atom is -0.455 e. The molecule has 1 aliphatic heterocycles. The Morgan fingerprint density at radius 2 is 1.65 bits per heavy atom.